The van der Waals surface area contributed by atoms with Crippen LogP contribution in [0.3, 0.4) is 0 Å². The van der Waals surface area contributed by atoms with Crippen LogP contribution in [0, 0.1) is 25.2 Å². The number of rotatable bonds is 4. The lowest BCUT2D eigenvalue weighted by atomic mass is 10.2. The Hall–Kier alpha value is -2.39. The van der Waals surface area contributed by atoms with Gasteiger partial charge in [-0.3, -0.25) is 4.79 Å². The number of nitriles is 1. The van der Waals surface area contributed by atoms with Crippen LogP contribution in [0.4, 0.5) is 5.69 Å². The van der Waals surface area contributed by atoms with Crippen molar-refractivity contribution in [1.82, 2.24) is 9.97 Å². The maximum Gasteiger partial charge on any atom is 0.237 e. The topological polar surface area (TPSA) is 78.7 Å². The largest absolute Gasteiger partial charge is 0.324 e. The average molecular weight is 312 g/mol. The molecule has 1 aromatic heterocycles. The minimum absolute atomic E-state index is 0.185. The molecule has 1 atom stereocenters. The molecule has 0 bridgehead atoms. The fourth-order valence-electron chi connectivity index (χ4n) is 1.88. The van der Waals surface area contributed by atoms with Crippen LogP contribution in [0.1, 0.15) is 23.9 Å². The molecular weight excluding hydrogens is 296 g/mol. The fraction of sp³-hybridized carbons (Fsp3) is 0.250. The number of hydrogen-bond acceptors (Lipinski definition) is 5. The molecule has 0 spiro atoms. The number of benzene rings is 1. The fourth-order valence-corrected chi connectivity index (χ4v) is 2.76. The van der Waals surface area contributed by atoms with Gasteiger partial charge in [0.15, 0.2) is 5.16 Å². The first-order valence-corrected chi connectivity index (χ1v) is 7.66. The minimum atomic E-state index is -0.368. The molecule has 5 nitrogen and oxygen atoms in total. The molecule has 1 amide bonds. The number of amides is 1. The maximum atomic E-state index is 12.3. The third kappa shape index (κ3) is 4.06. The Labute approximate surface area is 133 Å². The molecule has 6 heteroatoms. The normalized spacial score (nSPS) is 11.5. The summed E-state index contributed by atoms with van der Waals surface area (Å²) in [5, 5.41) is 12.0. The van der Waals surface area contributed by atoms with Gasteiger partial charge in [-0.2, -0.15) is 5.26 Å². The number of aryl methyl sites for hydroxylation is 2. The van der Waals surface area contributed by atoms with Crippen LogP contribution >= 0.6 is 11.8 Å². The molecule has 2 aromatic rings. The van der Waals surface area contributed by atoms with Crippen molar-refractivity contribution in [2.75, 3.05) is 5.32 Å². The van der Waals surface area contributed by atoms with Crippen LogP contribution in [-0.2, 0) is 4.79 Å². The second kappa shape index (κ2) is 7.05. The first-order valence-electron chi connectivity index (χ1n) is 6.78. The number of para-hydroxylation sites is 1. The molecule has 0 saturated carbocycles. The van der Waals surface area contributed by atoms with Gasteiger partial charge in [-0.15, -0.1) is 0 Å². The second-order valence-electron chi connectivity index (χ2n) is 4.84. The van der Waals surface area contributed by atoms with Gasteiger partial charge >= 0.3 is 0 Å². The Balaban J connectivity index is 2.08. The lowest BCUT2D eigenvalue weighted by Gasteiger charge is -2.12. The minimum Gasteiger partial charge on any atom is -0.324 e. The van der Waals surface area contributed by atoms with Gasteiger partial charge in [0.25, 0.3) is 0 Å². The predicted molar refractivity (Wildman–Crippen MR) is 86.6 cm³/mol. The lowest BCUT2D eigenvalue weighted by Crippen LogP contribution is -2.23. The first-order chi connectivity index (χ1) is 10.5. The van der Waals surface area contributed by atoms with Crippen LogP contribution in [0.25, 0.3) is 0 Å². The van der Waals surface area contributed by atoms with Crippen molar-refractivity contribution >= 4 is 23.4 Å². The smallest absolute Gasteiger partial charge is 0.237 e. The number of thioether (sulfide) groups is 1. The third-order valence-corrected chi connectivity index (χ3v) is 3.88. The van der Waals surface area contributed by atoms with Crippen molar-refractivity contribution < 1.29 is 4.79 Å². The molecule has 1 N–H and O–H groups in total. The zero-order valence-corrected chi connectivity index (χ0v) is 13.4. The summed E-state index contributed by atoms with van der Waals surface area (Å²) in [7, 11) is 0. The second-order valence-corrected chi connectivity index (χ2v) is 6.15. The van der Waals surface area contributed by atoms with Gasteiger partial charge in [0, 0.05) is 11.4 Å². The summed E-state index contributed by atoms with van der Waals surface area (Å²) in [5.41, 5.74) is 2.70. The standard InChI is InChI=1S/C16H16N4OS/c1-10-8-11(2)19-16(18-10)22-12(3)15(21)20-14-7-5-4-6-13(14)9-17/h4-8,12H,1-3H3,(H,20,21)/t12-/m1/s1. The molecule has 2 rings (SSSR count). The highest BCUT2D eigenvalue weighted by Gasteiger charge is 2.17. The molecule has 0 aliphatic rings. The molecule has 0 fully saturated rings. The summed E-state index contributed by atoms with van der Waals surface area (Å²) in [6.45, 7) is 5.58. The number of carbonyl (C=O) groups excluding carboxylic acids is 1. The zero-order chi connectivity index (χ0) is 16.1. The van der Waals surface area contributed by atoms with Gasteiger partial charge < -0.3 is 5.32 Å². The quantitative estimate of drug-likeness (QED) is 0.693. The van der Waals surface area contributed by atoms with Gasteiger partial charge in [0.2, 0.25) is 5.91 Å². The molecule has 22 heavy (non-hydrogen) atoms. The monoisotopic (exact) mass is 312 g/mol. The molecule has 1 heterocycles. The summed E-state index contributed by atoms with van der Waals surface area (Å²) >= 11 is 1.30. The van der Waals surface area contributed by atoms with Crippen LogP contribution in [0.15, 0.2) is 35.5 Å². The summed E-state index contributed by atoms with van der Waals surface area (Å²) in [4.78, 5) is 20.9. The van der Waals surface area contributed by atoms with Gasteiger partial charge in [0.05, 0.1) is 16.5 Å². The van der Waals surface area contributed by atoms with Crippen LogP contribution in [0.5, 0.6) is 0 Å². The maximum absolute atomic E-state index is 12.3. The number of carbonyl (C=O) groups is 1. The van der Waals surface area contributed by atoms with E-state index in [2.05, 4.69) is 21.4 Å². The molecule has 112 valence electrons. The Kier molecular flexibility index (Phi) is 5.12. The highest BCUT2D eigenvalue weighted by atomic mass is 32.2. The highest BCUT2D eigenvalue weighted by molar-refractivity contribution is 8.00. The van der Waals surface area contributed by atoms with E-state index >= 15 is 0 Å². The molecule has 0 aliphatic heterocycles. The summed E-state index contributed by atoms with van der Waals surface area (Å²) < 4.78 is 0. The van der Waals surface area contributed by atoms with Crippen molar-refractivity contribution in [3.8, 4) is 6.07 Å². The lowest BCUT2D eigenvalue weighted by molar-refractivity contribution is -0.115. The Bertz CT molecular complexity index is 719. The van der Waals surface area contributed by atoms with E-state index in [9.17, 15) is 4.79 Å². The Morgan fingerprint density at radius 2 is 1.91 bits per heavy atom. The average Bonchev–Trinajstić information content (AvgIpc) is 2.46. The van der Waals surface area contributed by atoms with Crippen molar-refractivity contribution in [3.05, 3.63) is 47.3 Å². The Morgan fingerprint density at radius 3 is 2.55 bits per heavy atom. The summed E-state index contributed by atoms with van der Waals surface area (Å²) in [5.74, 6) is -0.185. The van der Waals surface area contributed by atoms with Crippen LogP contribution in [-0.4, -0.2) is 21.1 Å². The molecule has 1 aromatic carbocycles. The molecule has 0 saturated heterocycles. The van der Waals surface area contributed by atoms with Crippen LogP contribution < -0.4 is 5.32 Å². The number of hydrogen-bond donors (Lipinski definition) is 1. The van der Waals surface area contributed by atoms with Crippen molar-refractivity contribution in [2.45, 2.75) is 31.2 Å². The van der Waals surface area contributed by atoms with Crippen molar-refractivity contribution in [3.63, 3.8) is 0 Å². The number of nitrogens with one attached hydrogen (secondary N) is 1. The summed E-state index contributed by atoms with van der Waals surface area (Å²) in [6, 6.07) is 10.9. The van der Waals surface area contributed by atoms with Crippen LogP contribution in [0.2, 0.25) is 0 Å². The third-order valence-electron chi connectivity index (χ3n) is 2.92. The van der Waals surface area contributed by atoms with E-state index in [1.807, 2.05) is 19.9 Å². The van der Waals surface area contributed by atoms with Gasteiger partial charge in [-0.1, -0.05) is 23.9 Å². The molecule has 0 unspecified atom stereocenters. The van der Waals surface area contributed by atoms with E-state index < -0.39 is 0 Å². The van der Waals surface area contributed by atoms with E-state index in [0.717, 1.165) is 11.4 Å². The zero-order valence-electron chi connectivity index (χ0n) is 12.6. The van der Waals surface area contributed by atoms with E-state index in [4.69, 9.17) is 5.26 Å². The SMILES string of the molecule is Cc1cc(C)nc(S[C@H](C)C(=O)Nc2ccccc2C#N)n1. The van der Waals surface area contributed by atoms with Gasteiger partial charge in [0.1, 0.15) is 6.07 Å². The van der Waals surface area contributed by atoms with E-state index in [-0.39, 0.29) is 11.2 Å². The van der Waals surface area contributed by atoms with E-state index in [0.29, 0.717) is 16.4 Å². The van der Waals surface area contributed by atoms with Crippen molar-refractivity contribution in [2.24, 2.45) is 0 Å². The molecule has 0 aliphatic carbocycles. The van der Waals surface area contributed by atoms with Gasteiger partial charge in [-0.25, -0.2) is 9.97 Å². The van der Waals surface area contributed by atoms with Gasteiger partial charge in [-0.05, 0) is 39.0 Å². The predicted octanol–water partition coefficient (Wildman–Crippen LogP) is 3.08. The molecule has 0 radical (unpaired) electrons. The number of anilines is 1. The number of aromatic nitrogens is 2. The van der Waals surface area contributed by atoms with Crippen molar-refractivity contribution in [1.29, 1.82) is 5.26 Å². The Morgan fingerprint density at radius 1 is 1.27 bits per heavy atom. The first kappa shape index (κ1) is 16.0. The molecular formula is C16H16N4OS. The highest BCUT2D eigenvalue weighted by Crippen LogP contribution is 2.22. The van der Waals surface area contributed by atoms with E-state index in [1.165, 1.54) is 11.8 Å². The number of nitrogens with zero attached hydrogens (tertiary/aromatic N) is 3. The summed E-state index contributed by atoms with van der Waals surface area (Å²) in [6.07, 6.45) is 0. The van der Waals surface area contributed by atoms with E-state index in [1.54, 1.807) is 31.2 Å².